The lowest BCUT2D eigenvalue weighted by Gasteiger charge is -2.18. The molecule has 0 bridgehead atoms. The summed E-state index contributed by atoms with van der Waals surface area (Å²) in [5.74, 6) is 0.0959. The average Bonchev–Trinajstić information content (AvgIpc) is 3.32. The number of imidazole rings is 1. The molecule has 1 atom stereocenters. The molecule has 148 valence electrons. The number of carbonyl (C=O) groups is 2. The summed E-state index contributed by atoms with van der Waals surface area (Å²) in [6.07, 6.45) is 8.34. The van der Waals surface area contributed by atoms with Crippen LogP contribution in [0, 0.1) is 0 Å². The van der Waals surface area contributed by atoms with E-state index >= 15 is 0 Å². The van der Waals surface area contributed by atoms with Crippen LogP contribution in [0.15, 0.2) is 91.8 Å². The molecule has 2 aromatic heterocycles. The van der Waals surface area contributed by atoms with Gasteiger partial charge >= 0.3 is 0 Å². The van der Waals surface area contributed by atoms with Crippen LogP contribution in [0.2, 0.25) is 0 Å². The molecule has 0 aliphatic carbocycles. The van der Waals surface area contributed by atoms with Gasteiger partial charge in [0.2, 0.25) is 0 Å². The molecular weight excluding hydrogens is 378 g/mol. The van der Waals surface area contributed by atoms with Crippen LogP contribution in [0.25, 0.3) is 11.4 Å². The normalized spacial score (nSPS) is 11.6. The van der Waals surface area contributed by atoms with Gasteiger partial charge in [-0.15, -0.1) is 0 Å². The summed E-state index contributed by atoms with van der Waals surface area (Å²) in [5, 5.41) is 2.86. The molecule has 0 radical (unpaired) electrons. The van der Waals surface area contributed by atoms with Gasteiger partial charge in [0.05, 0.1) is 12.9 Å². The topological polar surface area (TPSA) is 89.8 Å². The summed E-state index contributed by atoms with van der Waals surface area (Å²) < 4.78 is 1.77. The number of ketones is 1. The molecule has 0 saturated carbocycles. The van der Waals surface area contributed by atoms with Gasteiger partial charge < -0.3 is 9.88 Å². The number of hydrogen-bond acceptors (Lipinski definition) is 5. The van der Waals surface area contributed by atoms with E-state index in [4.69, 9.17) is 0 Å². The van der Waals surface area contributed by atoms with Gasteiger partial charge in [-0.2, -0.15) is 0 Å². The number of aromatic nitrogens is 4. The highest BCUT2D eigenvalue weighted by Crippen LogP contribution is 2.15. The fraction of sp³-hybridized carbons (Fsp3) is 0.0870. The third kappa shape index (κ3) is 4.47. The Hall–Kier alpha value is -4.13. The maximum atomic E-state index is 13.0. The Morgan fingerprint density at radius 2 is 1.60 bits per heavy atom. The Kier molecular flexibility index (Phi) is 5.70. The molecule has 0 saturated heterocycles. The number of amides is 1. The fourth-order valence-electron chi connectivity index (χ4n) is 3.06. The number of hydrogen-bond donors (Lipinski definition) is 1. The van der Waals surface area contributed by atoms with Crippen LogP contribution in [0.1, 0.15) is 20.7 Å². The van der Waals surface area contributed by atoms with Gasteiger partial charge in [-0.05, 0) is 18.2 Å². The lowest BCUT2D eigenvalue weighted by atomic mass is 10.0. The van der Waals surface area contributed by atoms with Crippen LogP contribution in [0.5, 0.6) is 0 Å². The molecule has 0 spiro atoms. The highest BCUT2D eigenvalue weighted by molar-refractivity contribution is 6.04. The third-order valence-corrected chi connectivity index (χ3v) is 4.60. The monoisotopic (exact) mass is 397 g/mol. The summed E-state index contributed by atoms with van der Waals surface area (Å²) in [6, 6.07) is 16.9. The highest BCUT2D eigenvalue weighted by atomic mass is 16.2. The van der Waals surface area contributed by atoms with E-state index in [1.807, 2.05) is 6.07 Å². The maximum absolute atomic E-state index is 13.0. The summed E-state index contributed by atoms with van der Waals surface area (Å²) in [5.41, 5.74) is 1.80. The molecule has 7 nitrogen and oxygen atoms in total. The number of nitrogens with one attached hydrogen (secondary N) is 1. The molecule has 7 heteroatoms. The van der Waals surface area contributed by atoms with E-state index in [2.05, 4.69) is 20.3 Å². The number of carbonyl (C=O) groups excluding carboxylic acids is 2. The third-order valence-electron chi connectivity index (χ3n) is 4.60. The molecule has 1 N–H and O–H groups in total. The first kappa shape index (κ1) is 19.2. The second-order valence-electron chi connectivity index (χ2n) is 6.67. The van der Waals surface area contributed by atoms with Gasteiger partial charge in [-0.1, -0.05) is 42.5 Å². The molecule has 1 unspecified atom stereocenters. The van der Waals surface area contributed by atoms with Gasteiger partial charge in [0, 0.05) is 41.5 Å². The van der Waals surface area contributed by atoms with E-state index in [0.29, 0.717) is 17.0 Å². The molecule has 2 heterocycles. The van der Waals surface area contributed by atoms with Crippen molar-refractivity contribution in [3.05, 3.63) is 103 Å². The zero-order valence-corrected chi connectivity index (χ0v) is 16.1. The lowest BCUT2D eigenvalue weighted by molar-refractivity contribution is 0.0847. The molecule has 30 heavy (non-hydrogen) atoms. The summed E-state index contributed by atoms with van der Waals surface area (Å²) in [6.45, 7) is 0.287. The minimum atomic E-state index is -0.730. The summed E-state index contributed by atoms with van der Waals surface area (Å²) in [4.78, 5) is 38.3. The number of rotatable bonds is 7. The first-order valence-corrected chi connectivity index (χ1v) is 9.44. The molecule has 0 fully saturated rings. The molecule has 0 aliphatic rings. The Morgan fingerprint density at radius 1 is 0.867 bits per heavy atom. The number of benzene rings is 2. The maximum Gasteiger partial charge on any atom is 0.251 e. The standard InChI is InChI=1S/C23H19N5O2/c29-21(17-5-2-1-3-6-17)20(15-28-14-13-24-16-28)27-23(30)19-9-7-18(8-10-19)22-25-11-4-12-26-22/h1-14,16,20H,15H2,(H,27,30). The summed E-state index contributed by atoms with van der Waals surface area (Å²) in [7, 11) is 0. The first-order chi connectivity index (χ1) is 14.7. The predicted molar refractivity (Wildman–Crippen MR) is 112 cm³/mol. The van der Waals surface area contributed by atoms with Crippen LogP contribution < -0.4 is 5.32 Å². The molecule has 2 aromatic carbocycles. The summed E-state index contributed by atoms with van der Waals surface area (Å²) >= 11 is 0. The predicted octanol–water partition coefficient (Wildman–Crippen LogP) is 3.02. The number of nitrogens with zero attached hydrogens (tertiary/aromatic N) is 4. The number of Topliss-reactive ketones (excluding diaryl/α,β-unsaturated/α-hetero) is 1. The zero-order chi connectivity index (χ0) is 20.8. The SMILES string of the molecule is O=C(NC(Cn1ccnc1)C(=O)c1ccccc1)c1ccc(-c2ncccn2)cc1. The Balaban J connectivity index is 1.53. The lowest BCUT2D eigenvalue weighted by Crippen LogP contribution is -2.43. The smallest absolute Gasteiger partial charge is 0.251 e. The van der Waals surface area contributed by atoms with E-state index in [9.17, 15) is 9.59 Å². The average molecular weight is 397 g/mol. The van der Waals surface area contributed by atoms with Crippen molar-refractivity contribution in [1.29, 1.82) is 0 Å². The van der Waals surface area contributed by atoms with Crippen LogP contribution in [0.4, 0.5) is 0 Å². The van der Waals surface area contributed by atoms with Crippen molar-refractivity contribution >= 4 is 11.7 Å². The van der Waals surface area contributed by atoms with E-state index < -0.39 is 6.04 Å². The Labute approximate surface area is 173 Å². The van der Waals surface area contributed by atoms with Crippen molar-refractivity contribution in [3.8, 4) is 11.4 Å². The van der Waals surface area contributed by atoms with E-state index in [1.54, 1.807) is 90.3 Å². The molecule has 1 amide bonds. The Morgan fingerprint density at radius 3 is 2.27 bits per heavy atom. The quantitative estimate of drug-likeness (QED) is 0.484. The first-order valence-electron chi connectivity index (χ1n) is 9.44. The van der Waals surface area contributed by atoms with Crippen LogP contribution in [-0.2, 0) is 6.54 Å². The molecule has 4 aromatic rings. The fourth-order valence-corrected chi connectivity index (χ4v) is 3.06. The van der Waals surface area contributed by atoms with Crippen LogP contribution in [0.3, 0.4) is 0 Å². The van der Waals surface area contributed by atoms with Gasteiger partial charge in [0.25, 0.3) is 5.91 Å². The van der Waals surface area contributed by atoms with E-state index in [0.717, 1.165) is 5.56 Å². The van der Waals surface area contributed by atoms with Crippen molar-refractivity contribution in [3.63, 3.8) is 0 Å². The molecule has 4 rings (SSSR count). The van der Waals surface area contributed by atoms with Crippen molar-refractivity contribution < 1.29 is 9.59 Å². The van der Waals surface area contributed by atoms with Crippen LogP contribution >= 0.6 is 0 Å². The van der Waals surface area contributed by atoms with Gasteiger partial charge in [0.1, 0.15) is 6.04 Å². The largest absolute Gasteiger partial charge is 0.340 e. The van der Waals surface area contributed by atoms with Gasteiger partial charge in [0.15, 0.2) is 11.6 Å². The minimum absolute atomic E-state index is 0.160. The van der Waals surface area contributed by atoms with Crippen LogP contribution in [-0.4, -0.2) is 37.3 Å². The molecular formula is C23H19N5O2. The van der Waals surface area contributed by atoms with E-state index in [-0.39, 0.29) is 18.2 Å². The van der Waals surface area contributed by atoms with Gasteiger partial charge in [-0.3, -0.25) is 9.59 Å². The Bertz CT molecular complexity index is 1110. The van der Waals surface area contributed by atoms with Gasteiger partial charge in [-0.25, -0.2) is 15.0 Å². The van der Waals surface area contributed by atoms with Crippen molar-refractivity contribution in [2.45, 2.75) is 12.6 Å². The van der Waals surface area contributed by atoms with E-state index in [1.165, 1.54) is 0 Å². The second kappa shape index (κ2) is 8.91. The highest BCUT2D eigenvalue weighted by Gasteiger charge is 2.23. The van der Waals surface area contributed by atoms with Crippen molar-refractivity contribution in [1.82, 2.24) is 24.8 Å². The zero-order valence-electron chi connectivity index (χ0n) is 16.1. The van der Waals surface area contributed by atoms with Crippen molar-refractivity contribution in [2.24, 2.45) is 0 Å². The second-order valence-corrected chi connectivity index (χ2v) is 6.67. The molecule has 0 aliphatic heterocycles. The minimum Gasteiger partial charge on any atom is -0.340 e. The van der Waals surface area contributed by atoms with Crippen molar-refractivity contribution in [2.75, 3.05) is 0 Å².